The van der Waals surface area contributed by atoms with E-state index < -0.39 is 5.91 Å². The van der Waals surface area contributed by atoms with Gasteiger partial charge in [-0.1, -0.05) is 31.4 Å². The highest BCUT2D eigenvalue weighted by atomic mass is 16.5. The number of aliphatic hydroxyl groups excluding tert-OH is 1. The second kappa shape index (κ2) is 7.43. The van der Waals surface area contributed by atoms with Crippen LogP contribution in [0.4, 0.5) is 0 Å². The summed E-state index contributed by atoms with van der Waals surface area (Å²) in [6.07, 6.45) is 5.67. The number of benzene rings is 1. The molecule has 1 amide bonds. The van der Waals surface area contributed by atoms with Gasteiger partial charge in [0.15, 0.2) is 6.61 Å². The zero-order valence-corrected chi connectivity index (χ0v) is 12.3. The van der Waals surface area contributed by atoms with Crippen molar-refractivity contribution in [3.8, 4) is 5.75 Å². The molecule has 1 aliphatic carbocycles. The number of primary amides is 1. The van der Waals surface area contributed by atoms with Gasteiger partial charge >= 0.3 is 0 Å². The van der Waals surface area contributed by atoms with Crippen LogP contribution in [-0.4, -0.2) is 29.8 Å². The molecule has 0 saturated heterocycles. The molecule has 0 aliphatic heterocycles. The van der Waals surface area contributed by atoms with E-state index in [1.54, 1.807) is 0 Å². The van der Waals surface area contributed by atoms with Crippen LogP contribution in [-0.2, 0) is 11.3 Å². The Bertz CT molecular complexity index is 453. The Morgan fingerprint density at radius 3 is 2.48 bits per heavy atom. The first kappa shape index (κ1) is 15.8. The molecular weight excluding hydrogens is 268 g/mol. The summed E-state index contributed by atoms with van der Waals surface area (Å²) in [5, 5.41) is 13.2. The average molecular weight is 292 g/mol. The summed E-state index contributed by atoms with van der Waals surface area (Å²) in [4.78, 5) is 10.6. The van der Waals surface area contributed by atoms with Crippen LogP contribution in [0.25, 0.3) is 0 Å². The van der Waals surface area contributed by atoms with Gasteiger partial charge in [0, 0.05) is 12.1 Å². The van der Waals surface area contributed by atoms with Gasteiger partial charge in [-0.25, -0.2) is 0 Å². The molecule has 2 rings (SSSR count). The number of aliphatic hydroxyl groups is 1. The molecule has 0 atom stereocenters. The molecule has 0 radical (unpaired) electrons. The molecule has 21 heavy (non-hydrogen) atoms. The fourth-order valence-corrected chi connectivity index (χ4v) is 2.77. The van der Waals surface area contributed by atoms with Gasteiger partial charge in [0.2, 0.25) is 0 Å². The second-order valence-electron chi connectivity index (χ2n) is 5.75. The molecule has 0 unspecified atom stereocenters. The SMILES string of the molecule is NC(=O)COc1ccc(CNC2(CO)CCCCC2)cc1. The summed E-state index contributed by atoms with van der Waals surface area (Å²) < 4.78 is 5.22. The maximum atomic E-state index is 10.6. The van der Waals surface area contributed by atoms with E-state index in [2.05, 4.69) is 5.32 Å². The van der Waals surface area contributed by atoms with Crippen molar-refractivity contribution in [2.24, 2.45) is 5.73 Å². The highest BCUT2D eigenvalue weighted by Gasteiger charge is 2.30. The van der Waals surface area contributed by atoms with Crippen LogP contribution in [0.5, 0.6) is 5.75 Å². The minimum atomic E-state index is -0.483. The number of rotatable bonds is 7. The Labute approximate surface area is 125 Å². The van der Waals surface area contributed by atoms with Crippen molar-refractivity contribution in [2.75, 3.05) is 13.2 Å². The van der Waals surface area contributed by atoms with Crippen molar-refractivity contribution in [3.05, 3.63) is 29.8 Å². The van der Waals surface area contributed by atoms with Gasteiger partial charge in [0.1, 0.15) is 5.75 Å². The zero-order valence-electron chi connectivity index (χ0n) is 12.3. The summed E-state index contributed by atoms with van der Waals surface area (Å²) in [5.41, 5.74) is 6.03. The van der Waals surface area contributed by atoms with Crippen molar-refractivity contribution in [1.29, 1.82) is 0 Å². The number of hydrogen-bond donors (Lipinski definition) is 3. The van der Waals surface area contributed by atoms with E-state index in [-0.39, 0.29) is 18.8 Å². The highest BCUT2D eigenvalue weighted by molar-refractivity contribution is 5.75. The molecule has 0 heterocycles. The number of carbonyl (C=O) groups is 1. The summed E-state index contributed by atoms with van der Waals surface area (Å²) in [7, 11) is 0. The molecule has 0 aromatic heterocycles. The zero-order chi connectivity index (χ0) is 15.1. The third-order valence-corrected chi connectivity index (χ3v) is 4.09. The number of amides is 1. The van der Waals surface area contributed by atoms with Crippen LogP contribution in [0, 0.1) is 0 Å². The van der Waals surface area contributed by atoms with Crippen LogP contribution in [0.3, 0.4) is 0 Å². The van der Waals surface area contributed by atoms with Crippen molar-refractivity contribution < 1.29 is 14.6 Å². The summed E-state index contributed by atoms with van der Waals surface area (Å²) in [6.45, 7) is 0.800. The first-order valence-corrected chi connectivity index (χ1v) is 7.49. The predicted octanol–water partition coefficient (Wildman–Crippen LogP) is 1.34. The van der Waals surface area contributed by atoms with Crippen molar-refractivity contribution in [2.45, 2.75) is 44.2 Å². The summed E-state index contributed by atoms with van der Waals surface area (Å²) in [5.74, 6) is 0.148. The van der Waals surface area contributed by atoms with E-state index in [4.69, 9.17) is 10.5 Å². The van der Waals surface area contributed by atoms with Crippen LogP contribution in [0.1, 0.15) is 37.7 Å². The number of nitrogens with one attached hydrogen (secondary N) is 1. The molecule has 1 aliphatic rings. The lowest BCUT2D eigenvalue weighted by molar-refractivity contribution is -0.119. The van der Waals surface area contributed by atoms with Crippen LogP contribution >= 0.6 is 0 Å². The third kappa shape index (κ3) is 4.72. The number of hydrogen-bond acceptors (Lipinski definition) is 4. The fourth-order valence-electron chi connectivity index (χ4n) is 2.77. The second-order valence-corrected chi connectivity index (χ2v) is 5.75. The lowest BCUT2D eigenvalue weighted by Gasteiger charge is -2.36. The van der Waals surface area contributed by atoms with Gasteiger partial charge in [-0.2, -0.15) is 0 Å². The third-order valence-electron chi connectivity index (χ3n) is 4.09. The molecule has 116 valence electrons. The monoisotopic (exact) mass is 292 g/mol. The molecule has 4 N–H and O–H groups in total. The minimum absolute atomic E-state index is 0.106. The van der Waals surface area contributed by atoms with E-state index in [0.29, 0.717) is 5.75 Å². The van der Waals surface area contributed by atoms with Crippen molar-refractivity contribution in [1.82, 2.24) is 5.32 Å². The number of carbonyl (C=O) groups excluding carboxylic acids is 1. The van der Waals surface area contributed by atoms with Crippen LogP contribution < -0.4 is 15.8 Å². The summed E-state index contributed by atoms with van der Waals surface area (Å²) >= 11 is 0. The first-order chi connectivity index (χ1) is 10.1. The smallest absolute Gasteiger partial charge is 0.255 e. The normalized spacial score (nSPS) is 17.4. The molecule has 5 nitrogen and oxygen atoms in total. The molecule has 0 spiro atoms. The number of ether oxygens (including phenoxy) is 1. The van der Waals surface area contributed by atoms with Crippen molar-refractivity contribution in [3.63, 3.8) is 0 Å². The molecule has 0 bridgehead atoms. The highest BCUT2D eigenvalue weighted by Crippen LogP contribution is 2.28. The minimum Gasteiger partial charge on any atom is -0.484 e. The van der Waals surface area contributed by atoms with E-state index in [1.807, 2.05) is 24.3 Å². The van der Waals surface area contributed by atoms with Gasteiger partial charge in [-0.05, 0) is 30.5 Å². The maximum absolute atomic E-state index is 10.6. The molecule has 5 heteroatoms. The van der Waals surface area contributed by atoms with Crippen molar-refractivity contribution >= 4 is 5.91 Å². The van der Waals surface area contributed by atoms with Crippen LogP contribution in [0.2, 0.25) is 0 Å². The lowest BCUT2D eigenvalue weighted by atomic mass is 9.82. The standard InChI is InChI=1S/C16H24N2O3/c17-15(20)11-21-14-6-4-13(5-7-14)10-18-16(12-19)8-2-1-3-9-16/h4-7,18-19H,1-3,8-12H2,(H2,17,20). The van der Waals surface area contributed by atoms with E-state index in [1.165, 1.54) is 19.3 Å². The predicted molar refractivity (Wildman–Crippen MR) is 80.9 cm³/mol. The van der Waals surface area contributed by atoms with Gasteiger partial charge < -0.3 is 20.9 Å². The number of nitrogens with two attached hydrogens (primary N) is 1. The molecule has 1 aromatic rings. The Morgan fingerprint density at radius 2 is 1.90 bits per heavy atom. The van der Waals surface area contributed by atoms with E-state index in [9.17, 15) is 9.90 Å². The van der Waals surface area contributed by atoms with Gasteiger partial charge in [0.05, 0.1) is 6.61 Å². The lowest BCUT2D eigenvalue weighted by Crippen LogP contribution is -2.49. The molecule has 1 aromatic carbocycles. The van der Waals surface area contributed by atoms with Gasteiger partial charge in [-0.15, -0.1) is 0 Å². The fraction of sp³-hybridized carbons (Fsp3) is 0.562. The Hall–Kier alpha value is -1.59. The molecular formula is C16H24N2O3. The van der Waals surface area contributed by atoms with E-state index in [0.717, 1.165) is 24.9 Å². The summed E-state index contributed by atoms with van der Waals surface area (Å²) in [6, 6.07) is 7.56. The average Bonchev–Trinajstić information content (AvgIpc) is 2.53. The topological polar surface area (TPSA) is 84.6 Å². The first-order valence-electron chi connectivity index (χ1n) is 7.49. The van der Waals surface area contributed by atoms with Crippen LogP contribution in [0.15, 0.2) is 24.3 Å². The Kier molecular flexibility index (Phi) is 5.59. The molecule has 1 fully saturated rings. The largest absolute Gasteiger partial charge is 0.484 e. The maximum Gasteiger partial charge on any atom is 0.255 e. The Balaban J connectivity index is 1.86. The Morgan fingerprint density at radius 1 is 1.24 bits per heavy atom. The van der Waals surface area contributed by atoms with E-state index >= 15 is 0 Å². The molecule has 1 saturated carbocycles. The quantitative estimate of drug-likeness (QED) is 0.708. The van der Waals surface area contributed by atoms with Gasteiger partial charge in [-0.3, -0.25) is 4.79 Å². The van der Waals surface area contributed by atoms with Gasteiger partial charge in [0.25, 0.3) is 5.91 Å².